The first-order valence-electron chi connectivity index (χ1n) is 9.78. The van der Waals surface area contributed by atoms with Crippen molar-refractivity contribution in [3.8, 4) is 11.3 Å². The van der Waals surface area contributed by atoms with Gasteiger partial charge in [-0.05, 0) is 24.3 Å². The maximum Gasteiger partial charge on any atom is 0.0968 e. The fraction of sp³-hybridized carbons (Fsp3) is 0.571. The average molecular weight is 357 g/mol. The van der Waals surface area contributed by atoms with Gasteiger partial charge in [0.05, 0.1) is 18.9 Å². The smallest absolute Gasteiger partial charge is 0.0968 e. The molecule has 142 valence electrons. The first-order chi connectivity index (χ1) is 12.7. The molecule has 1 saturated carbocycles. The summed E-state index contributed by atoms with van der Waals surface area (Å²) >= 11 is 0. The monoisotopic (exact) mass is 357 g/mol. The van der Waals surface area contributed by atoms with E-state index in [1.54, 1.807) is 0 Å². The Labute approximate surface area is 156 Å². The lowest BCUT2D eigenvalue weighted by Crippen LogP contribution is -2.29. The normalized spacial score (nSPS) is 15.7. The molecule has 2 N–H and O–H groups in total. The molecule has 1 heterocycles. The number of benzene rings is 1. The van der Waals surface area contributed by atoms with Gasteiger partial charge in [-0.25, -0.2) is 0 Å². The zero-order chi connectivity index (χ0) is 18.4. The Kier molecular flexibility index (Phi) is 6.83. The van der Waals surface area contributed by atoms with Crippen molar-refractivity contribution in [1.29, 1.82) is 0 Å². The minimum Gasteiger partial charge on any atom is -0.395 e. The van der Waals surface area contributed by atoms with Crippen LogP contribution in [0.3, 0.4) is 0 Å². The molecule has 3 rings (SSSR count). The van der Waals surface area contributed by atoms with Crippen LogP contribution in [0.4, 0.5) is 0 Å². The number of aliphatic hydroxyl groups excluding tert-OH is 2. The Balaban J connectivity index is 1.78. The van der Waals surface area contributed by atoms with Crippen molar-refractivity contribution in [3.63, 3.8) is 0 Å². The number of hydrogen-bond acceptors (Lipinski definition) is 4. The van der Waals surface area contributed by atoms with Gasteiger partial charge in [-0.3, -0.25) is 9.58 Å². The van der Waals surface area contributed by atoms with Gasteiger partial charge in [0.15, 0.2) is 0 Å². The van der Waals surface area contributed by atoms with E-state index in [9.17, 15) is 10.2 Å². The molecule has 1 aromatic heterocycles. The van der Waals surface area contributed by atoms with Gasteiger partial charge in [-0.2, -0.15) is 5.10 Å². The van der Waals surface area contributed by atoms with E-state index in [2.05, 4.69) is 34.3 Å². The Morgan fingerprint density at radius 2 is 1.69 bits per heavy atom. The average Bonchev–Trinajstić information content (AvgIpc) is 3.03. The Morgan fingerprint density at radius 3 is 2.31 bits per heavy atom. The van der Waals surface area contributed by atoms with Crippen molar-refractivity contribution >= 4 is 0 Å². The van der Waals surface area contributed by atoms with E-state index in [1.807, 2.05) is 17.9 Å². The quantitative estimate of drug-likeness (QED) is 0.763. The third-order valence-corrected chi connectivity index (χ3v) is 5.39. The van der Waals surface area contributed by atoms with E-state index in [-0.39, 0.29) is 13.2 Å². The minimum atomic E-state index is 0.0890. The van der Waals surface area contributed by atoms with Gasteiger partial charge in [0.2, 0.25) is 0 Å². The molecule has 2 aromatic rings. The number of aromatic nitrogens is 2. The van der Waals surface area contributed by atoms with Crippen molar-refractivity contribution in [3.05, 3.63) is 41.6 Å². The third kappa shape index (κ3) is 4.72. The summed E-state index contributed by atoms with van der Waals surface area (Å²) in [6.45, 7) is 1.96. The van der Waals surface area contributed by atoms with E-state index in [0.29, 0.717) is 25.6 Å². The molecule has 26 heavy (non-hydrogen) atoms. The van der Waals surface area contributed by atoms with E-state index >= 15 is 0 Å². The summed E-state index contributed by atoms with van der Waals surface area (Å²) in [6, 6.07) is 8.92. The van der Waals surface area contributed by atoms with Gasteiger partial charge in [-0.15, -0.1) is 0 Å². The molecule has 1 aliphatic rings. The van der Waals surface area contributed by atoms with Gasteiger partial charge in [0.1, 0.15) is 0 Å². The highest BCUT2D eigenvalue weighted by atomic mass is 16.3. The molecular weight excluding hydrogens is 326 g/mol. The highest BCUT2D eigenvalue weighted by molar-refractivity contribution is 5.63. The van der Waals surface area contributed by atoms with Crippen LogP contribution in [-0.2, 0) is 13.6 Å². The molecule has 0 aliphatic heterocycles. The molecule has 0 bridgehead atoms. The van der Waals surface area contributed by atoms with Crippen LogP contribution in [0.1, 0.15) is 49.1 Å². The van der Waals surface area contributed by atoms with Crippen LogP contribution >= 0.6 is 0 Å². The highest BCUT2D eigenvalue weighted by Gasteiger charge is 2.17. The van der Waals surface area contributed by atoms with Gasteiger partial charge >= 0.3 is 0 Å². The Morgan fingerprint density at radius 1 is 1.04 bits per heavy atom. The molecule has 0 radical (unpaired) electrons. The lowest BCUT2D eigenvalue weighted by Gasteiger charge is -2.22. The summed E-state index contributed by atoms with van der Waals surface area (Å²) < 4.78 is 1.84. The second kappa shape index (κ2) is 9.31. The fourth-order valence-electron chi connectivity index (χ4n) is 4.04. The van der Waals surface area contributed by atoms with E-state index in [4.69, 9.17) is 0 Å². The number of aliphatic hydroxyl groups is 2. The number of hydrogen-bond donors (Lipinski definition) is 2. The van der Waals surface area contributed by atoms with Crippen molar-refractivity contribution in [2.45, 2.75) is 44.6 Å². The third-order valence-electron chi connectivity index (χ3n) is 5.39. The predicted octanol–water partition coefficient (Wildman–Crippen LogP) is 2.92. The first kappa shape index (κ1) is 19.1. The second-order valence-electron chi connectivity index (χ2n) is 7.36. The molecule has 0 amide bonds. The van der Waals surface area contributed by atoms with E-state index < -0.39 is 0 Å². The lowest BCUT2D eigenvalue weighted by molar-refractivity contribution is 0.156. The van der Waals surface area contributed by atoms with Crippen molar-refractivity contribution in [1.82, 2.24) is 14.7 Å². The van der Waals surface area contributed by atoms with Crippen LogP contribution in [0.2, 0.25) is 0 Å². The molecule has 0 unspecified atom stereocenters. The molecule has 5 heteroatoms. The van der Waals surface area contributed by atoms with Crippen LogP contribution in [-0.4, -0.2) is 51.2 Å². The van der Waals surface area contributed by atoms with E-state index in [0.717, 1.165) is 16.8 Å². The number of aryl methyl sites for hydroxylation is 1. The van der Waals surface area contributed by atoms with Gasteiger partial charge in [0, 0.05) is 44.0 Å². The summed E-state index contributed by atoms with van der Waals surface area (Å²) in [4.78, 5) is 2.05. The molecule has 0 spiro atoms. The molecule has 0 saturated heterocycles. The first-order valence-corrected chi connectivity index (χ1v) is 9.78. The SMILES string of the molecule is Cn1cc(CN(CCO)CCO)c(-c2ccc(C3CCCCC3)cc2)n1. The van der Waals surface area contributed by atoms with E-state index in [1.165, 1.54) is 37.7 Å². The maximum absolute atomic E-state index is 9.24. The molecular formula is C21H31N3O2. The molecule has 1 aromatic carbocycles. The second-order valence-corrected chi connectivity index (χ2v) is 7.36. The largest absolute Gasteiger partial charge is 0.395 e. The topological polar surface area (TPSA) is 61.5 Å². The van der Waals surface area contributed by atoms with Crippen LogP contribution in [0.25, 0.3) is 11.3 Å². The maximum atomic E-state index is 9.24. The minimum absolute atomic E-state index is 0.0890. The molecule has 5 nitrogen and oxygen atoms in total. The predicted molar refractivity (Wildman–Crippen MR) is 104 cm³/mol. The van der Waals surface area contributed by atoms with Gasteiger partial charge in [0.25, 0.3) is 0 Å². The van der Waals surface area contributed by atoms with Gasteiger partial charge in [-0.1, -0.05) is 43.5 Å². The van der Waals surface area contributed by atoms with Crippen molar-refractivity contribution in [2.75, 3.05) is 26.3 Å². The summed E-state index contributed by atoms with van der Waals surface area (Å²) in [5.74, 6) is 0.714. The Bertz CT molecular complexity index is 669. The fourth-order valence-corrected chi connectivity index (χ4v) is 4.04. The summed E-state index contributed by atoms with van der Waals surface area (Å²) in [5.41, 5.74) is 4.70. The summed E-state index contributed by atoms with van der Waals surface area (Å²) in [5, 5.41) is 23.1. The molecule has 1 aliphatic carbocycles. The Hall–Kier alpha value is -1.69. The molecule has 0 atom stereocenters. The lowest BCUT2D eigenvalue weighted by atomic mass is 9.84. The van der Waals surface area contributed by atoms with Gasteiger partial charge < -0.3 is 10.2 Å². The summed E-state index contributed by atoms with van der Waals surface area (Å²) in [7, 11) is 1.94. The standard InChI is InChI=1S/C21H31N3O2/c1-23-15-20(16-24(11-13-25)12-14-26)21(22-23)19-9-7-18(8-10-19)17-5-3-2-4-6-17/h7-10,15,17,25-26H,2-6,11-14,16H2,1H3. The number of rotatable bonds is 8. The zero-order valence-electron chi connectivity index (χ0n) is 15.8. The zero-order valence-corrected chi connectivity index (χ0v) is 15.8. The van der Waals surface area contributed by atoms with Crippen LogP contribution in [0.5, 0.6) is 0 Å². The molecule has 1 fully saturated rings. The number of nitrogens with zero attached hydrogens (tertiary/aromatic N) is 3. The summed E-state index contributed by atoms with van der Waals surface area (Å²) in [6.07, 6.45) is 8.73. The van der Waals surface area contributed by atoms with Crippen LogP contribution in [0.15, 0.2) is 30.5 Å². The highest BCUT2D eigenvalue weighted by Crippen LogP contribution is 2.33. The van der Waals surface area contributed by atoms with Crippen molar-refractivity contribution in [2.24, 2.45) is 7.05 Å². The van der Waals surface area contributed by atoms with Crippen LogP contribution in [0, 0.1) is 0 Å². The van der Waals surface area contributed by atoms with Crippen molar-refractivity contribution < 1.29 is 10.2 Å². The van der Waals surface area contributed by atoms with Crippen LogP contribution < -0.4 is 0 Å².